The van der Waals surface area contributed by atoms with Crippen LogP contribution in [-0.4, -0.2) is 17.7 Å². The molecule has 2 heteroatoms. The molecule has 1 atom stereocenters. The average molecular weight is 207 g/mol. The number of nitrogens with one attached hydrogen (secondary N) is 1. The molecule has 0 aliphatic heterocycles. The van der Waals surface area contributed by atoms with Gasteiger partial charge in [0.15, 0.2) is 0 Å². The minimum atomic E-state index is -0.399. The summed E-state index contributed by atoms with van der Waals surface area (Å²) in [4.78, 5) is 0. The third-order valence-electron chi connectivity index (χ3n) is 2.51. The normalized spacial score (nSPS) is 13.1. The van der Waals surface area contributed by atoms with Crippen LogP contribution in [0.5, 0.6) is 0 Å². The highest BCUT2D eigenvalue weighted by Gasteiger charge is 2.10. The van der Waals surface area contributed by atoms with Gasteiger partial charge in [0, 0.05) is 12.6 Å². The molecule has 84 valence electrons. The largest absolute Gasteiger partial charge is 0.387 e. The van der Waals surface area contributed by atoms with E-state index in [0.29, 0.717) is 12.6 Å². The fourth-order valence-corrected chi connectivity index (χ4v) is 1.64. The molecule has 1 aromatic rings. The van der Waals surface area contributed by atoms with Crippen LogP contribution >= 0.6 is 0 Å². The summed E-state index contributed by atoms with van der Waals surface area (Å²) in [6.45, 7) is 6.90. The Balaban J connectivity index is 2.68. The summed E-state index contributed by atoms with van der Waals surface area (Å²) in [5.41, 5.74) is 2.28. The van der Waals surface area contributed by atoms with E-state index in [9.17, 15) is 5.11 Å². The predicted molar refractivity (Wildman–Crippen MR) is 63.9 cm³/mol. The SMILES string of the molecule is CCc1ccccc1C(O)CNC(C)C. The van der Waals surface area contributed by atoms with Crippen molar-refractivity contribution < 1.29 is 5.11 Å². The highest BCUT2D eigenvalue weighted by atomic mass is 16.3. The van der Waals surface area contributed by atoms with Crippen molar-refractivity contribution in [3.05, 3.63) is 35.4 Å². The van der Waals surface area contributed by atoms with Crippen molar-refractivity contribution in [3.8, 4) is 0 Å². The first-order chi connectivity index (χ1) is 7.15. The van der Waals surface area contributed by atoms with Crippen LogP contribution in [0.25, 0.3) is 0 Å². The minimum absolute atomic E-state index is 0.399. The lowest BCUT2D eigenvalue weighted by Gasteiger charge is -2.17. The molecule has 0 amide bonds. The van der Waals surface area contributed by atoms with E-state index in [1.54, 1.807) is 0 Å². The number of hydrogen-bond acceptors (Lipinski definition) is 2. The van der Waals surface area contributed by atoms with Gasteiger partial charge in [-0.25, -0.2) is 0 Å². The summed E-state index contributed by atoms with van der Waals surface area (Å²) >= 11 is 0. The van der Waals surface area contributed by atoms with Crippen molar-refractivity contribution in [2.45, 2.75) is 39.3 Å². The van der Waals surface area contributed by atoms with Gasteiger partial charge >= 0.3 is 0 Å². The Kier molecular flexibility index (Phi) is 4.79. The molecule has 0 saturated heterocycles. The van der Waals surface area contributed by atoms with Gasteiger partial charge in [-0.3, -0.25) is 0 Å². The van der Waals surface area contributed by atoms with Gasteiger partial charge in [-0.05, 0) is 17.5 Å². The maximum atomic E-state index is 10.0. The van der Waals surface area contributed by atoms with Crippen molar-refractivity contribution in [2.24, 2.45) is 0 Å². The zero-order valence-electron chi connectivity index (χ0n) is 9.83. The van der Waals surface area contributed by atoms with Gasteiger partial charge in [0.05, 0.1) is 6.10 Å². The van der Waals surface area contributed by atoms with Crippen LogP contribution in [0.3, 0.4) is 0 Å². The van der Waals surface area contributed by atoms with E-state index >= 15 is 0 Å². The van der Waals surface area contributed by atoms with Gasteiger partial charge in [-0.15, -0.1) is 0 Å². The molecule has 0 bridgehead atoms. The second kappa shape index (κ2) is 5.89. The maximum Gasteiger partial charge on any atom is 0.0917 e. The molecular weight excluding hydrogens is 186 g/mol. The van der Waals surface area contributed by atoms with E-state index in [2.05, 4.69) is 32.2 Å². The second-order valence-corrected chi connectivity index (χ2v) is 4.13. The quantitative estimate of drug-likeness (QED) is 0.776. The topological polar surface area (TPSA) is 32.3 Å². The molecule has 15 heavy (non-hydrogen) atoms. The highest BCUT2D eigenvalue weighted by molar-refractivity contribution is 5.29. The van der Waals surface area contributed by atoms with Crippen LogP contribution in [-0.2, 0) is 6.42 Å². The van der Waals surface area contributed by atoms with E-state index < -0.39 is 6.10 Å². The van der Waals surface area contributed by atoms with Gasteiger partial charge < -0.3 is 10.4 Å². The van der Waals surface area contributed by atoms with Gasteiger partial charge in [-0.1, -0.05) is 45.0 Å². The van der Waals surface area contributed by atoms with E-state index in [1.165, 1.54) is 5.56 Å². The summed E-state index contributed by atoms with van der Waals surface area (Å²) in [6, 6.07) is 8.49. The highest BCUT2D eigenvalue weighted by Crippen LogP contribution is 2.17. The van der Waals surface area contributed by atoms with Crippen molar-refractivity contribution in [2.75, 3.05) is 6.54 Å². The van der Waals surface area contributed by atoms with Gasteiger partial charge in [0.25, 0.3) is 0 Å². The van der Waals surface area contributed by atoms with Gasteiger partial charge in [-0.2, -0.15) is 0 Å². The minimum Gasteiger partial charge on any atom is -0.387 e. The molecule has 0 aliphatic rings. The molecule has 2 nitrogen and oxygen atoms in total. The third kappa shape index (κ3) is 3.65. The molecule has 0 aromatic heterocycles. The van der Waals surface area contributed by atoms with E-state index in [-0.39, 0.29) is 0 Å². The Morgan fingerprint density at radius 2 is 1.93 bits per heavy atom. The zero-order valence-corrected chi connectivity index (χ0v) is 9.83. The summed E-state index contributed by atoms with van der Waals surface area (Å²) in [7, 11) is 0. The zero-order chi connectivity index (χ0) is 11.3. The summed E-state index contributed by atoms with van der Waals surface area (Å²) in [6.07, 6.45) is 0.568. The Bertz CT molecular complexity index is 296. The fraction of sp³-hybridized carbons (Fsp3) is 0.538. The monoisotopic (exact) mass is 207 g/mol. The molecule has 0 spiro atoms. The lowest BCUT2D eigenvalue weighted by atomic mass is 10.0. The summed E-state index contributed by atoms with van der Waals surface area (Å²) < 4.78 is 0. The number of aryl methyl sites for hydroxylation is 1. The Labute approximate surface area is 92.3 Å². The predicted octanol–water partition coefficient (Wildman–Crippen LogP) is 2.28. The molecule has 2 N–H and O–H groups in total. The number of hydrogen-bond donors (Lipinski definition) is 2. The lowest BCUT2D eigenvalue weighted by Crippen LogP contribution is -2.28. The van der Waals surface area contributed by atoms with Gasteiger partial charge in [0.2, 0.25) is 0 Å². The smallest absolute Gasteiger partial charge is 0.0917 e. The lowest BCUT2D eigenvalue weighted by molar-refractivity contribution is 0.170. The van der Waals surface area contributed by atoms with E-state index in [4.69, 9.17) is 0 Å². The van der Waals surface area contributed by atoms with Crippen LogP contribution in [0.1, 0.15) is 38.0 Å². The number of rotatable bonds is 5. The first kappa shape index (κ1) is 12.2. The van der Waals surface area contributed by atoms with Crippen LogP contribution in [0.15, 0.2) is 24.3 Å². The second-order valence-electron chi connectivity index (χ2n) is 4.13. The first-order valence-corrected chi connectivity index (χ1v) is 5.64. The van der Waals surface area contributed by atoms with Gasteiger partial charge in [0.1, 0.15) is 0 Å². The standard InChI is InChI=1S/C13H21NO/c1-4-11-7-5-6-8-12(11)13(15)9-14-10(2)3/h5-8,10,13-15H,4,9H2,1-3H3. The Morgan fingerprint density at radius 1 is 1.27 bits per heavy atom. The molecule has 0 aliphatic carbocycles. The number of aliphatic hydroxyl groups is 1. The molecule has 0 radical (unpaired) electrons. The molecule has 0 saturated carbocycles. The molecule has 0 heterocycles. The maximum absolute atomic E-state index is 10.0. The van der Waals surface area contributed by atoms with Crippen LogP contribution < -0.4 is 5.32 Å². The van der Waals surface area contributed by atoms with E-state index in [1.807, 2.05) is 18.2 Å². The molecule has 1 unspecified atom stereocenters. The number of benzene rings is 1. The number of aliphatic hydroxyl groups excluding tert-OH is 1. The van der Waals surface area contributed by atoms with E-state index in [0.717, 1.165) is 12.0 Å². The first-order valence-electron chi connectivity index (χ1n) is 5.64. The summed E-state index contributed by atoms with van der Waals surface area (Å²) in [5, 5.41) is 13.3. The molecule has 0 fully saturated rings. The van der Waals surface area contributed by atoms with Crippen LogP contribution in [0.4, 0.5) is 0 Å². The van der Waals surface area contributed by atoms with Crippen LogP contribution in [0, 0.1) is 0 Å². The average Bonchev–Trinajstić information content (AvgIpc) is 2.25. The Morgan fingerprint density at radius 3 is 2.53 bits per heavy atom. The van der Waals surface area contributed by atoms with Crippen molar-refractivity contribution >= 4 is 0 Å². The Hall–Kier alpha value is -0.860. The van der Waals surface area contributed by atoms with Crippen LogP contribution in [0.2, 0.25) is 0 Å². The van der Waals surface area contributed by atoms with Crippen molar-refractivity contribution in [3.63, 3.8) is 0 Å². The molecular formula is C13H21NO. The fourth-order valence-electron chi connectivity index (χ4n) is 1.64. The molecule has 1 rings (SSSR count). The van der Waals surface area contributed by atoms with Crippen molar-refractivity contribution in [1.29, 1.82) is 0 Å². The summed E-state index contributed by atoms with van der Waals surface area (Å²) in [5.74, 6) is 0. The molecule has 1 aromatic carbocycles. The third-order valence-corrected chi connectivity index (χ3v) is 2.51. The van der Waals surface area contributed by atoms with Crippen molar-refractivity contribution in [1.82, 2.24) is 5.32 Å².